The minimum absolute atomic E-state index is 0.102. The van der Waals surface area contributed by atoms with E-state index in [2.05, 4.69) is 9.47 Å². The third-order valence-corrected chi connectivity index (χ3v) is 1.81. The zero-order valence-electron chi connectivity index (χ0n) is 6.57. The Morgan fingerprint density at radius 1 is 1.31 bits per heavy atom. The number of hydrogen-bond acceptors (Lipinski definition) is 5. The summed E-state index contributed by atoms with van der Waals surface area (Å²) < 4.78 is 9.27. The van der Waals surface area contributed by atoms with Crippen molar-refractivity contribution in [2.45, 2.75) is 6.42 Å². The molecule has 2 aliphatic rings. The minimum atomic E-state index is -0.831. The average Bonchev–Trinajstić information content (AvgIpc) is 2.60. The summed E-state index contributed by atoms with van der Waals surface area (Å²) in [6, 6.07) is 0. The second kappa shape index (κ2) is 2.62. The number of allylic oxidation sites excluding steroid dienone is 1. The van der Waals surface area contributed by atoms with Gasteiger partial charge in [0.1, 0.15) is 5.76 Å². The first-order valence-corrected chi connectivity index (χ1v) is 3.71. The molecule has 0 spiro atoms. The summed E-state index contributed by atoms with van der Waals surface area (Å²) in [7, 11) is 0. The van der Waals surface area contributed by atoms with E-state index in [1.165, 1.54) is 0 Å². The van der Waals surface area contributed by atoms with Gasteiger partial charge in [-0.1, -0.05) is 0 Å². The standard InChI is InChI=1S/C8H6O5/c9-5-3-6(13-8(5)11)4-1-2-12-7(4)10/h3,9H,1-2H2/b6-4-. The van der Waals surface area contributed by atoms with Crippen molar-refractivity contribution < 1.29 is 24.2 Å². The Bertz CT molecular complexity index is 350. The number of carbonyl (C=O) groups excluding carboxylic acids is 2. The van der Waals surface area contributed by atoms with Gasteiger partial charge in [-0.2, -0.15) is 0 Å². The van der Waals surface area contributed by atoms with Crippen LogP contribution in [0.4, 0.5) is 0 Å². The van der Waals surface area contributed by atoms with Gasteiger partial charge in [0.15, 0.2) is 0 Å². The minimum Gasteiger partial charge on any atom is -0.502 e. The van der Waals surface area contributed by atoms with Crippen LogP contribution in [0.1, 0.15) is 6.42 Å². The average molecular weight is 182 g/mol. The summed E-state index contributed by atoms with van der Waals surface area (Å²) in [5.41, 5.74) is 0.303. The molecule has 5 nitrogen and oxygen atoms in total. The fraction of sp³-hybridized carbons (Fsp3) is 0.250. The molecule has 0 bridgehead atoms. The third-order valence-electron chi connectivity index (χ3n) is 1.81. The van der Waals surface area contributed by atoms with Gasteiger partial charge in [0.25, 0.3) is 0 Å². The smallest absolute Gasteiger partial charge is 0.378 e. The molecule has 68 valence electrons. The van der Waals surface area contributed by atoms with Crippen molar-refractivity contribution in [2.24, 2.45) is 0 Å². The quantitative estimate of drug-likeness (QED) is 0.427. The second-order valence-electron chi connectivity index (χ2n) is 2.65. The molecule has 0 amide bonds. The zero-order valence-corrected chi connectivity index (χ0v) is 6.57. The number of cyclic esters (lactones) is 2. The van der Waals surface area contributed by atoms with E-state index in [1.54, 1.807) is 0 Å². The molecular formula is C8H6O5. The van der Waals surface area contributed by atoms with Gasteiger partial charge < -0.3 is 14.6 Å². The second-order valence-corrected chi connectivity index (χ2v) is 2.65. The lowest BCUT2D eigenvalue weighted by molar-refractivity contribution is -0.136. The Kier molecular flexibility index (Phi) is 1.58. The van der Waals surface area contributed by atoms with Crippen LogP contribution in [-0.4, -0.2) is 23.7 Å². The summed E-state index contributed by atoms with van der Waals surface area (Å²) in [6.45, 7) is 0.295. The largest absolute Gasteiger partial charge is 0.502 e. The molecule has 0 aromatic heterocycles. The first-order valence-electron chi connectivity index (χ1n) is 3.71. The maximum absolute atomic E-state index is 11.0. The van der Waals surface area contributed by atoms with Crippen LogP contribution in [0.25, 0.3) is 0 Å². The summed E-state index contributed by atoms with van der Waals surface area (Å²) in [4.78, 5) is 21.7. The number of hydrogen-bond donors (Lipinski definition) is 1. The molecule has 1 saturated heterocycles. The van der Waals surface area contributed by atoms with Crippen molar-refractivity contribution >= 4 is 11.9 Å². The maximum atomic E-state index is 11.0. The van der Waals surface area contributed by atoms with Crippen molar-refractivity contribution in [3.8, 4) is 0 Å². The maximum Gasteiger partial charge on any atom is 0.378 e. The Labute approximate surface area is 73.2 Å². The van der Waals surface area contributed by atoms with Gasteiger partial charge in [-0.15, -0.1) is 0 Å². The molecule has 13 heavy (non-hydrogen) atoms. The molecule has 1 fully saturated rings. The van der Waals surface area contributed by atoms with Gasteiger partial charge in [0.2, 0.25) is 5.76 Å². The first kappa shape index (κ1) is 7.85. The van der Waals surface area contributed by atoms with Gasteiger partial charge in [-0.3, -0.25) is 0 Å². The van der Waals surface area contributed by atoms with Crippen molar-refractivity contribution in [2.75, 3.05) is 6.61 Å². The van der Waals surface area contributed by atoms with E-state index in [-0.39, 0.29) is 5.76 Å². The van der Waals surface area contributed by atoms with E-state index in [1.807, 2.05) is 0 Å². The van der Waals surface area contributed by atoms with Crippen LogP contribution in [0.2, 0.25) is 0 Å². The van der Waals surface area contributed by atoms with Crippen molar-refractivity contribution in [1.29, 1.82) is 0 Å². The lowest BCUT2D eigenvalue weighted by Gasteiger charge is -1.96. The molecule has 0 saturated carbocycles. The van der Waals surface area contributed by atoms with Crippen LogP contribution in [0.5, 0.6) is 0 Å². The molecule has 0 atom stereocenters. The van der Waals surface area contributed by atoms with Gasteiger partial charge >= 0.3 is 11.9 Å². The Balaban J connectivity index is 2.36. The highest BCUT2D eigenvalue weighted by atomic mass is 16.6. The van der Waals surface area contributed by atoms with Crippen LogP contribution in [-0.2, 0) is 19.1 Å². The van der Waals surface area contributed by atoms with Crippen molar-refractivity contribution in [1.82, 2.24) is 0 Å². The van der Waals surface area contributed by atoms with E-state index in [0.29, 0.717) is 18.6 Å². The van der Waals surface area contributed by atoms with E-state index in [0.717, 1.165) is 6.08 Å². The van der Waals surface area contributed by atoms with E-state index in [9.17, 15) is 9.59 Å². The van der Waals surface area contributed by atoms with E-state index >= 15 is 0 Å². The van der Waals surface area contributed by atoms with Crippen molar-refractivity contribution in [3.63, 3.8) is 0 Å². The van der Waals surface area contributed by atoms with E-state index in [4.69, 9.17) is 5.11 Å². The number of aliphatic hydroxyl groups excluding tert-OH is 1. The summed E-state index contributed by atoms with van der Waals surface area (Å²) in [5, 5.41) is 8.91. The van der Waals surface area contributed by atoms with Crippen LogP contribution < -0.4 is 0 Å². The highest BCUT2D eigenvalue weighted by Gasteiger charge is 2.29. The predicted octanol–water partition coefficient (Wildman–Crippen LogP) is 0.186. The molecule has 2 rings (SSSR count). The van der Waals surface area contributed by atoms with Gasteiger partial charge in [0.05, 0.1) is 12.2 Å². The topological polar surface area (TPSA) is 72.8 Å². The fourth-order valence-corrected chi connectivity index (χ4v) is 1.17. The van der Waals surface area contributed by atoms with Crippen LogP contribution >= 0.6 is 0 Å². The number of esters is 2. The number of carbonyl (C=O) groups is 2. The number of rotatable bonds is 0. The molecule has 0 aromatic carbocycles. The molecule has 0 aliphatic carbocycles. The highest BCUT2D eigenvalue weighted by molar-refractivity contribution is 5.96. The van der Waals surface area contributed by atoms with Crippen LogP contribution in [0.15, 0.2) is 23.2 Å². The van der Waals surface area contributed by atoms with Gasteiger partial charge in [-0.05, 0) is 0 Å². The Morgan fingerprint density at radius 3 is 2.54 bits per heavy atom. The lowest BCUT2D eigenvalue weighted by Crippen LogP contribution is -2.01. The van der Waals surface area contributed by atoms with Crippen molar-refractivity contribution in [3.05, 3.63) is 23.2 Å². The molecule has 1 N–H and O–H groups in total. The lowest BCUT2D eigenvalue weighted by atomic mass is 10.2. The number of aliphatic hydroxyl groups is 1. The SMILES string of the molecule is O=C1O/C(=C2/CCOC2=O)C=C1O. The molecule has 0 radical (unpaired) electrons. The Morgan fingerprint density at radius 2 is 2.08 bits per heavy atom. The normalized spacial score (nSPS) is 27.2. The Hall–Kier alpha value is -1.78. The molecular weight excluding hydrogens is 176 g/mol. The fourth-order valence-electron chi connectivity index (χ4n) is 1.17. The van der Waals surface area contributed by atoms with Gasteiger partial charge in [-0.25, -0.2) is 9.59 Å². The molecule has 0 unspecified atom stereocenters. The zero-order chi connectivity index (χ0) is 9.42. The molecule has 2 aliphatic heterocycles. The summed E-state index contributed by atoms with van der Waals surface area (Å²) in [6.07, 6.45) is 1.54. The van der Waals surface area contributed by atoms with E-state index < -0.39 is 17.7 Å². The third kappa shape index (κ3) is 1.18. The highest BCUT2D eigenvalue weighted by Crippen LogP contribution is 2.24. The molecule has 0 aromatic rings. The summed E-state index contributed by atoms with van der Waals surface area (Å²) >= 11 is 0. The summed E-state index contributed by atoms with van der Waals surface area (Å²) in [5.74, 6) is -1.71. The number of ether oxygens (including phenoxy) is 2. The molecule has 2 heterocycles. The first-order chi connectivity index (χ1) is 6.18. The van der Waals surface area contributed by atoms with Crippen LogP contribution in [0, 0.1) is 0 Å². The predicted molar refractivity (Wildman–Crippen MR) is 39.4 cm³/mol. The van der Waals surface area contributed by atoms with Crippen LogP contribution in [0.3, 0.4) is 0 Å². The molecule has 5 heteroatoms. The van der Waals surface area contributed by atoms with Gasteiger partial charge in [0, 0.05) is 12.5 Å². The monoisotopic (exact) mass is 182 g/mol.